The molecule has 1 aromatic rings. The van der Waals surface area contributed by atoms with Crippen molar-refractivity contribution >= 4 is 5.91 Å². The maximum absolute atomic E-state index is 12.7. The van der Waals surface area contributed by atoms with Crippen LogP contribution in [0.3, 0.4) is 0 Å². The van der Waals surface area contributed by atoms with Gasteiger partial charge < -0.3 is 10.6 Å². The second-order valence-corrected chi connectivity index (χ2v) is 5.53. The minimum absolute atomic E-state index is 0.172. The largest absolute Gasteiger partial charge is 0.339 e. The SMILES string of the molecule is CCC1CN(C(=O)C(CN)c2ccccc2)CCN1C. The predicted molar refractivity (Wildman–Crippen MR) is 81.5 cm³/mol. The van der Waals surface area contributed by atoms with Crippen LogP contribution in [0, 0.1) is 0 Å². The summed E-state index contributed by atoms with van der Waals surface area (Å²) in [5, 5.41) is 0. The highest BCUT2D eigenvalue weighted by Gasteiger charge is 2.30. The highest BCUT2D eigenvalue weighted by molar-refractivity contribution is 5.84. The van der Waals surface area contributed by atoms with Crippen molar-refractivity contribution in [3.8, 4) is 0 Å². The van der Waals surface area contributed by atoms with Crippen molar-refractivity contribution in [2.24, 2.45) is 5.73 Å². The van der Waals surface area contributed by atoms with Gasteiger partial charge in [-0.25, -0.2) is 0 Å². The predicted octanol–water partition coefficient (Wildman–Crippen LogP) is 1.28. The van der Waals surface area contributed by atoms with E-state index in [1.807, 2.05) is 35.2 Å². The van der Waals surface area contributed by atoms with Crippen molar-refractivity contribution in [1.29, 1.82) is 0 Å². The van der Waals surface area contributed by atoms with Crippen molar-refractivity contribution in [2.75, 3.05) is 33.2 Å². The van der Waals surface area contributed by atoms with E-state index in [9.17, 15) is 4.79 Å². The molecule has 0 bridgehead atoms. The molecule has 2 rings (SSSR count). The van der Waals surface area contributed by atoms with Crippen LogP contribution in [-0.4, -0.2) is 55.0 Å². The maximum atomic E-state index is 12.7. The number of carbonyl (C=O) groups excluding carboxylic acids is 1. The summed E-state index contributed by atoms with van der Waals surface area (Å²) >= 11 is 0. The molecule has 0 aliphatic carbocycles. The molecule has 0 radical (unpaired) electrons. The van der Waals surface area contributed by atoms with E-state index in [0.29, 0.717) is 12.6 Å². The van der Waals surface area contributed by atoms with E-state index in [4.69, 9.17) is 5.73 Å². The number of nitrogens with zero attached hydrogens (tertiary/aromatic N) is 2. The Hall–Kier alpha value is -1.39. The van der Waals surface area contributed by atoms with Crippen LogP contribution in [0.15, 0.2) is 30.3 Å². The molecule has 0 spiro atoms. The van der Waals surface area contributed by atoms with Crippen molar-refractivity contribution in [2.45, 2.75) is 25.3 Å². The van der Waals surface area contributed by atoms with Gasteiger partial charge in [-0.2, -0.15) is 0 Å². The van der Waals surface area contributed by atoms with E-state index in [0.717, 1.165) is 31.6 Å². The highest BCUT2D eigenvalue weighted by atomic mass is 16.2. The number of nitrogens with two attached hydrogens (primary N) is 1. The van der Waals surface area contributed by atoms with Gasteiger partial charge in [0.15, 0.2) is 0 Å². The summed E-state index contributed by atoms with van der Waals surface area (Å²) in [6.07, 6.45) is 1.07. The van der Waals surface area contributed by atoms with Crippen LogP contribution < -0.4 is 5.73 Å². The van der Waals surface area contributed by atoms with Crippen LogP contribution in [0.25, 0.3) is 0 Å². The molecule has 1 fully saturated rings. The van der Waals surface area contributed by atoms with Crippen molar-refractivity contribution in [3.63, 3.8) is 0 Å². The van der Waals surface area contributed by atoms with E-state index in [2.05, 4.69) is 18.9 Å². The maximum Gasteiger partial charge on any atom is 0.231 e. The average Bonchev–Trinajstić information content (AvgIpc) is 2.49. The average molecular weight is 275 g/mol. The molecule has 1 aliphatic rings. The number of benzene rings is 1. The summed E-state index contributed by atoms with van der Waals surface area (Å²) in [4.78, 5) is 17.0. The van der Waals surface area contributed by atoms with Crippen LogP contribution in [0.1, 0.15) is 24.8 Å². The highest BCUT2D eigenvalue weighted by Crippen LogP contribution is 2.20. The fraction of sp³-hybridized carbons (Fsp3) is 0.562. The Morgan fingerprint density at radius 3 is 2.65 bits per heavy atom. The van der Waals surface area contributed by atoms with Crippen molar-refractivity contribution < 1.29 is 4.79 Å². The number of amides is 1. The van der Waals surface area contributed by atoms with Crippen LogP contribution >= 0.6 is 0 Å². The van der Waals surface area contributed by atoms with Gasteiger partial charge in [-0.1, -0.05) is 37.3 Å². The number of hydrogen-bond donors (Lipinski definition) is 1. The molecule has 1 amide bonds. The summed E-state index contributed by atoms with van der Waals surface area (Å²) in [5.74, 6) is -0.0395. The topological polar surface area (TPSA) is 49.6 Å². The Labute approximate surface area is 121 Å². The second kappa shape index (κ2) is 6.86. The van der Waals surface area contributed by atoms with Gasteiger partial charge in [0.1, 0.15) is 0 Å². The number of piperazine rings is 1. The van der Waals surface area contributed by atoms with E-state index in [1.54, 1.807) is 0 Å². The van der Waals surface area contributed by atoms with Gasteiger partial charge in [0.25, 0.3) is 0 Å². The smallest absolute Gasteiger partial charge is 0.231 e. The Bertz CT molecular complexity index is 435. The molecule has 1 aliphatic heterocycles. The van der Waals surface area contributed by atoms with Crippen LogP contribution in [0.2, 0.25) is 0 Å². The molecule has 4 heteroatoms. The van der Waals surface area contributed by atoms with Crippen molar-refractivity contribution in [3.05, 3.63) is 35.9 Å². The molecular formula is C16H25N3O. The summed E-state index contributed by atoms with van der Waals surface area (Å²) in [6.45, 7) is 5.10. The molecule has 1 saturated heterocycles. The first-order chi connectivity index (χ1) is 9.67. The van der Waals surface area contributed by atoms with Gasteiger partial charge >= 0.3 is 0 Å². The molecule has 0 saturated carbocycles. The number of carbonyl (C=O) groups is 1. The van der Waals surface area contributed by atoms with Gasteiger partial charge in [-0.15, -0.1) is 0 Å². The molecule has 1 heterocycles. The van der Waals surface area contributed by atoms with E-state index in [-0.39, 0.29) is 11.8 Å². The molecule has 110 valence electrons. The van der Waals surface area contributed by atoms with Crippen LogP contribution in [0.4, 0.5) is 0 Å². The number of hydrogen-bond acceptors (Lipinski definition) is 3. The zero-order chi connectivity index (χ0) is 14.5. The van der Waals surface area contributed by atoms with Crippen molar-refractivity contribution in [1.82, 2.24) is 9.80 Å². The molecule has 2 N–H and O–H groups in total. The molecule has 0 aromatic heterocycles. The third-order valence-electron chi connectivity index (χ3n) is 4.30. The minimum Gasteiger partial charge on any atom is -0.339 e. The fourth-order valence-corrected chi connectivity index (χ4v) is 2.87. The molecule has 2 atom stereocenters. The zero-order valence-electron chi connectivity index (χ0n) is 12.5. The Morgan fingerprint density at radius 2 is 2.05 bits per heavy atom. The lowest BCUT2D eigenvalue weighted by Crippen LogP contribution is -2.54. The molecule has 20 heavy (non-hydrogen) atoms. The molecular weight excluding hydrogens is 250 g/mol. The first-order valence-corrected chi connectivity index (χ1v) is 7.41. The lowest BCUT2D eigenvalue weighted by atomic mass is 9.96. The molecule has 2 unspecified atom stereocenters. The van der Waals surface area contributed by atoms with Crippen LogP contribution in [-0.2, 0) is 4.79 Å². The quantitative estimate of drug-likeness (QED) is 0.900. The molecule has 1 aromatic carbocycles. The lowest BCUT2D eigenvalue weighted by Gasteiger charge is -2.40. The minimum atomic E-state index is -0.211. The summed E-state index contributed by atoms with van der Waals surface area (Å²) in [7, 11) is 2.13. The second-order valence-electron chi connectivity index (χ2n) is 5.53. The number of rotatable bonds is 4. The van der Waals surface area contributed by atoms with E-state index in [1.165, 1.54) is 0 Å². The summed E-state index contributed by atoms with van der Waals surface area (Å²) in [5.41, 5.74) is 6.87. The first kappa shape index (κ1) is 15.0. The van der Waals surface area contributed by atoms with Gasteiger partial charge in [0.05, 0.1) is 5.92 Å². The summed E-state index contributed by atoms with van der Waals surface area (Å²) in [6, 6.07) is 10.3. The normalized spacial score (nSPS) is 21.8. The third kappa shape index (κ3) is 3.19. The Balaban J connectivity index is 2.09. The van der Waals surface area contributed by atoms with E-state index < -0.39 is 0 Å². The van der Waals surface area contributed by atoms with Gasteiger partial charge in [-0.05, 0) is 19.0 Å². The zero-order valence-corrected chi connectivity index (χ0v) is 12.5. The van der Waals surface area contributed by atoms with Gasteiger partial charge in [0, 0.05) is 32.2 Å². The Morgan fingerprint density at radius 1 is 1.35 bits per heavy atom. The van der Waals surface area contributed by atoms with Gasteiger partial charge in [0.2, 0.25) is 5.91 Å². The third-order valence-corrected chi connectivity index (χ3v) is 4.30. The van der Waals surface area contributed by atoms with E-state index >= 15 is 0 Å². The lowest BCUT2D eigenvalue weighted by molar-refractivity contribution is -0.135. The van der Waals surface area contributed by atoms with Gasteiger partial charge in [-0.3, -0.25) is 9.69 Å². The summed E-state index contributed by atoms with van der Waals surface area (Å²) < 4.78 is 0. The standard InChI is InChI=1S/C16H25N3O/c1-3-14-12-19(10-9-18(14)2)16(20)15(11-17)13-7-5-4-6-8-13/h4-8,14-15H,3,9-12,17H2,1-2H3. The monoisotopic (exact) mass is 275 g/mol. The Kier molecular flexibility index (Phi) is 5.15. The molecule has 4 nitrogen and oxygen atoms in total. The van der Waals surface area contributed by atoms with Crippen LogP contribution in [0.5, 0.6) is 0 Å². The fourth-order valence-electron chi connectivity index (χ4n) is 2.87. The number of likely N-dealkylation sites (N-methyl/N-ethyl adjacent to an activating group) is 1. The first-order valence-electron chi connectivity index (χ1n) is 7.41.